The summed E-state index contributed by atoms with van der Waals surface area (Å²) in [6, 6.07) is 6.37. The van der Waals surface area contributed by atoms with Gasteiger partial charge in [-0.05, 0) is 43.5 Å². The Morgan fingerprint density at radius 1 is 1.20 bits per heavy atom. The number of halogens is 3. The maximum Gasteiger partial charge on any atom is 0.407 e. The zero-order valence-electron chi connectivity index (χ0n) is 17.8. The molecule has 0 aliphatic rings. The minimum atomic E-state index is -4.72. The zero-order chi connectivity index (χ0) is 23.4. The van der Waals surface area contributed by atoms with Crippen LogP contribution in [0.15, 0.2) is 42.7 Å². The summed E-state index contributed by atoms with van der Waals surface area (Å²) in [7, 11) is 0. The van der Waals surface area contributed by atoms with Crippen LogP contribution in [-0.2, 0) is 17.4 Å². The van der Waals surface area contributed by atoms with Gasteiger partial charge in [0.15, 0.2) is 5.69 Å². The van der Waals surface area contributed by atoms with Gasteiger partial charge in [0, 0.05) is 18.1 Å². The summed E-state index contributed by atoms with van der Waals surface area (Å²) in [6.45, 7) is 16.1. The van der Waals surface area contributed by atoms with Crippen molar-refractivity contribution in [3.05, 3.63) is 65.3 Å². The lowest BCUT2D eigenvalue weighted by molar-refractivity contribution is -0.137. The van der Waals surface area contributed by atoms with Crippen LogP contribution in [0.1, 0.15) is 52.2 Å². The highest BCUT2D eigenvalue weighted by atomic mass is 19.4. The topological polar surface area (TPSA) is 66.6 Å². The highest BCUT2D eigenvalue weighted by Gasteiger charge is 2.34. The number of pyridine rings is 1. The van der Waals surface area contributed by atoms with Crippen molar-refractivity contribution in [2.45, 2.75) is 59.2 Å². The maximum absolute atomic E-state index is 13.0. The number of carbonyl (C=O) groups is 1. The summed E-state index contributed by atoms with van der Waals surface area (Å²) in [4.78, 5) is 19.0. The molecule has 0 saturated carbocycles. The molecule has 1 amide bonds. The molecule has 8 heteroatoms. The fourth-order valence-electron chi connectivity index (χ4n) is 2.25. The van der Waals surface area contributed by atoms with Crippen LogP contribution in [0.3, 0.4) is 0 Å². The lowest BCUT2D eigenvalue weighted by Gasteiger charge is -2.22. The number of amides is 1. The average molecular weight is 423 g/mol. The Morgan fingerprint density at radius 2 is 1.83 bits per heavy atom. The number of aliphatic hydroxyl groups is 1. The van der Waals surface area contributed by atoms with E-state index in [1.165, 1.54) is 13.0 Å². The van der Waals surface area contributed by atoms with E-state index in [2.05, 4.69) is 15.1 Å². The Kier molecular flexibility index (Phi) is 11.4. The first-order valence-electron chi connectivity index (χ1n) is 9.65. The number of benzene rings is 1. The molecule has 1 heterocycles. The number of alkyl halides is 3. The van der Waals surface area contributed by atoms with Crippen LogP contribution in [-0.4, -0.2) is 21.6 Å². The number of hydrogen-bond acceptors (Lipinski definition) is 3. The Balaban J connectivity index is 0.00000198. The third-order valence-corrected chi connectivity index (χ3v) is 3.79. The maximum atomic E-state index is 13.0. The monoisotopic (exact) mass is 423 g/mol. The summed E-state index contributed by atoms with van der Waals surface area (Å²) in [5, 5.41) is 12.6. The predicted octanol–water partition coefficient (Wildman–Crippen LogP) is 6.03. The first-order chi connectivity index (χ1) is 14.1. The lowest BCUT2D eigenvalue weighted by atomic mass is 9.96. The SMILES string of the molecule is CC.CC.[C-]#[N+]c1ccc(NC(=O)[C@@](C)(O)CCc2cccnc2)cc1C(F)(F)F. The number of aromatic nitrogens is 1. The van der Waals surface area contributed by atoms with Crippen molar-refractivity contribution in [1.82, 2.24) is 4.98 Å². The molecule has 30 heavy (non-hydrogen) atoms. The summed E-state index contributed by atoms with van der Waals surface area (Å²) < 4.78 is 39.0. The van der Waals surface area contributed by atoms with Gasteiger partial charge in [-0.1, -0.05) is 39.8 Å². The molecule has 0 unspecified atom stereocenters. The Bertz CT molecular complexity index is 830. The highest BCUT2D eigenvalue weighted by Crippen LogP contribution is 2.38. The second kappa shape index (κ2) is 12.6. The van der Waals surface area contributed by atoms with Gasteiger partial charge in [-0.2, -0.15) is 13.2 Å². The van der Waals surface area contributed by atoms with Gasteiger partial charge >= 0.3 is 6.18 Å². The number of rotatable bonds is 5. The fraction of sp³-hybridized carbons (Fsp3) is 0.409. The Labute approximate surface area is 175 Å². The predicted molar refractivity (Wildman–Crippen MR) is 112 cm³/mol. The fourth-order valence-corrected chi connectivity index (χ4v) is 2.25. The molecule has 2 N–H and O–H groups in total. The van der Waals surface area contributed by atoms with Crippen LogP contribution in [0.25, 0.3) is 4.85 Å². The third-order valence-electron chi connectivity index (χ3n) is 3.79. The minimum Gasteiger partial charge on any atom is -0.380 e. The smallest absolute Gasteiger partial charge is 0.380 e. The molecule has 5 nitrogen and oxygen atoms in total. The molecule has 1 atom stereocenters. The molecule has 0 aliphatic carbocycles. The van der Waals surface area contributed by atoms with Crippen molar-refractivity contribution in [1.29, 1.82) is 0 Å². The third kappa shape index (κ3) is 8.21. The average Bonchev–Trinajstić information content (AvgIpc) is 2.75. The lowest BCUT2D eigenvalue weighted by Crippen LogP contribution is -2.40. The number of anilines is 1. The quantitative estimate of drug-likeness (QED) is 0.578. The zero-order valence-corrected chi connectivity index (χ0v) is 17.8. The Hall–Kier alpha value is -2.92. The number of carbonyl (C=O) groups excluding carboxylic acids is 1. The second-order valence-corrected chi connectivity index (χ2v) is 5.93. The number of aryl methyl sites for hydroxylation is 1. The summed E-state index contributed by atoms with van der Waals surface area (Å²) in [5.41, 5.74) is -2.80. The molecular weight excluding hydrogens is 395 g/mol. The standard InChI is InChI=1S/C18H16F3N3O2.2C2H6/c1-17(26,8-7-12-4-3-9-23-11-12)16(25)24-13-5-6-15(22-2)14(10-13)18(19,20)21;2*1-2/h3-6,9-11,26H,7-8H2,1H3,(H,24,25);2*1-2H3/t17-;;/m0../s1. The first kappa shape index (κ1) is 27.1. The van der Waals surface area contributed by atoms with Crippen molar-refractivity contribution in [2.75, 3.05) is 5.32 Å². The van der Waals surface area contributed by atoms with Gasteiger partial charge in [-0.25, -0.2) is 4.85 Å². The van der Waals surface area contributed by atoms with Crippen LogP contribution in [0.2, 0.25) is 0 Å². The van der Waals surface area contributed by atoms with Crippen molar-refractivity contribution in [3.63, 3.8) is 0 Å². The van der Waals surface area contributed by atoms with Crippen molar-refractivity contribution in [2.24, 2.45) is 0 Å². The van der Waals surface area contributed by atoms with E-state index >= 15 is 0 Å². The molecule has 2 rings (SSSR count). The van der Waals surface area contributed by atoms with Gasteiger partial charge in [-0.15, -0.1) is 0 Å². The number of nitrogens with zero attached hydrogens (tertiary/aromatic N) is 2. The largest absolute Gasteiger partial charge is 0.407 e. The summed E-state index contributed by atoms with van der Waals surface area (Å²) >= 11 is 0. The molecule has 0 saturated heterocycles. The highest BCUT2D eigenvalue weighted by molar-refractivity contribution is 5.97. The van der Waals surface area contributed by atoms with Gasteiger partial charge in [0.25, 0.3) is 5.91 Å². The van der Waals surface area contributed by atoms with Crippen LogP contribution >= 0.6 is 0 Å². The van der Waals surface area contributed by atoms with Crippen molar-refractivity contribution in [3.8, 4) is 0 Å². The molecule has 0 bridgehead atoms. The van der Waals surface area contributed by atoms with Crippen LogP contribution in [0, 0.1) is 6.57 Å². The molecular formula is C22H28F3N3O2. The van der Waals surface area contributed by atoms with Crippen molar-refractivity contribution < 1.29 is 23.1 Å². The molecule has 0 fully saturated rings. The molecule has 164 valence electrons. The Morgan fingerprint density at radius 3 is 2.33 bits per heavy atom. The van der Waals surface area contributed by atoms with E-state index in [9.17, 15) is 23.1 Å². The first-order valence-corrected chi connectivity index (χ1v) is 9.65. The number of hydrogen-bond donors (Lipinski definition) is 2. The van der Waals surface area contributed by atoms with Crippen molar-refractivity contribution >= 4 is 17.3 Å². The normalized spacial score (nSPS) is 12.1. The van der Waals surface area contributed by atoms with Crippen LogP contribution < -0.4 is 5.32 Å². The number of nitrogens with one attached hydrogen (secondary N) is 1. The van der Waals surface area contributed by atoms with Gasteiger partial charge in [0.05, 0.1) is 12.1 Å². The summed E-state index contributed by atoms with van der Waals surface area (Å²) in [5.74, 6) is -0.829. The van der Waals surface area contributed by atoms with E-state index in [4.69, 9.17) is 6.57 Å². The van der Waals surface area contributed by atoms with Gasteiger partial charge < -0.3 is 10.4 Å². The molecule has 0 radical (unpaired) electrons. The summed E-state index contributed by atoms with van der Waals surface area (Å²) in [6.07, 6.45) is -1.08. The molecule has 0 spiro atoms. The van der Waals surface area contributed by atoms with E-state index in [1.807, 2.05) is 27.7 Å². The van der Waals surface area contributed by atoms with E-state index in [0.29, 0.717) is 12.5 Å². The minimum absolute atomic E-state index is 0.0663. The van der Waals surface area contributed by atoms with E-state index in [-0.39, 0.29) is 12.1 Å². The van der Waals surface area contributed by atoms with E-state index in [0.717, 1.165) is 11.6 Å². The van der Waals surface area contributed by atoms with Gasteiger partial charge in [-0.3, -0.25) is 9.78 Å². The van der Waals surface area contributed by atoms with Crippen LogP contribution in [0.5, 0.6) is 0 Å². The van der Waals surface area contributed by atoms with E-state index < -0.39 is 28.9 Å². The molecule has 2 aromatic rings. The van der Waals surface area contributed by atoms with Crippen LogP contribution in [0.4, 0.5) is 24.5 Å². The second-order valence-electron chi connectivity index (χ2n) is 5.93. The molecule has 1 aromatic heterocycles. The van der Waals surface area contributed by atoms with Gasteiger partial charge in [0.1, 0.15) is 5.60 Å². The molecule has 0 aliphatic heterocycles. The molecule has 1 aromatic carbocycles. The van der Waals surface area contributed by atoms with E-state index in [1.54, 1.807) is 24.5 Å². The van der Waals surface area contributed by atoms with Gasteiger partial charge in [0.2, 0.25) is 0 Å².